The number of amides is 1. The second kappa shape index (κ2) is 9.52. The van der Waals surface area contributed by atoms with Crippen molar-refractivity contribution in [2.45, 2.75) is 0 Å². The monoisotopic (exact) mass is 383 g/mol. The predicted octanol–water partition coefficient (Wildman–Crippen LogP) is 2.03. The van der Waals surface area contributed by atoms with Crippen LogP contribution in [-0.2, 0) is 0 Å². The zero-order valence-corrected chi connectivity index (χ0v) is 16.9. The van der Waals surface area contributed by atoms with E-state index in [-0.39, 0.29) is 5.91 Å². The first kappa shape index (κ1) is 20.1. The Morgan fingerprint density at radius 3 is 2.54 bits per heavy atom. The number of carbonyl (C=O) groups excluding carboxylic acids is 1. The molecule has 0 saturated carbocycles. The van der Waals surface area contributed by atoms with Gasteiger partial charge in [0.05, 0.1) is 0 Å². The Morgan fingerprint density at radius 2 is 1.86 bits per heavy atom. The van der Waals surface area contributed by atoms with Crippen molar-refractivity contribution in [3.05, 3.63) is 48.2 Å². The van der Waals surface area contributed by atoms with Gasteiger partial charge >= 0.3 is 0 Å². The summed E-state index contributed by atoms with van der Waals surface area (Å²) in [7, 11) is 6.14. The Labute approximate surface area is 166 Å². The van der Waals surface area contributed by atoms with E-state index in [0.29, 0.717) is 12.2 Å². The van der Waals surface area contributed by atoms with Crippen LogP contribution in [0.2, 0.25) is 0 Å². The number of aromatic nitrogens is 1. The van der Waals surface area contributed by atoms with Gasteiger partial charge in [0.15, 0.2) is 0 Å². The van der Waals surface area contributed by atoms with Crippen molar-refractivity contribution in [3.8, 4) is 5.75 Å². The lowest BCUT2D eigenvalue weighted by Gasteiger charge is -2.33. The van der Waals surface area contributed by atoms with Crippen molar-refractivity contribution in [1.82, 2.24) is 14.8 Å². The van der Waals surface area contributed by atoms with Gasteiger partial charge in [-0.15, -0.1) is 0 Å². The van der Waals surface area contributed by atoms with Gasteiger partial charge in [-0.25, -0.2) is 4.98 Å². The van der Waals surface area contributed by atoms with Gasteiger partial charge in [-0.1, -0.05) is 0 Å². The molecule has 1 aromatic carbocycles. The summed E-state index contributed by atoms with van der Waals surface area (Å²) >= 11 is 0. The molecule has 1 aromatic heterocycles. The molecular weight excluding hydrogens is 354 g/mol. The van der Waals surface area contributed by atoms with Gasteiger partial charge in [0.1, 0.15) is 18.2 Å². The topological polar surface area (TPSA) is 60.9 Å². The summed E-state index contributed by atoms with van der Waals surface area (Å²) in [5.74, 6) is 1.51. The zero-order valence-electron chi connectivity index (χ0n) is 16.9. The van der Waals surface area contributed by atoms with Crippen molar-refractivity contribution >= 4 is 17.4 Å². The van der Waals surface area contributed by atoms with E-state index in [1.54, 1.807) is 12.3 Å². The molecule has 7 heteroatoms. The van der Waals surface area contributed by atoms with E-state index in [0.717, 1.165) is 50.0 Å². The number of carbonyl (C=O) groups is 1. The molecule has 28 heavy (non-hydrogen) atoms. The third-order valence-electron chi connectivity index (χ3n) is 4.75. The molecule has 1 amide bonds. The van der Waals surface area contributed by atoms with Crippen LogP contribution in [0.1, 0.15) is 10.4 Å². The third kappa shape index (κ3) is 5.68. The summed E-state index contributed by atoms with van der Waals surface area (Å²) in [5, 5.41) is 2.94. The number of nitrogens with one attached hydrogen (secondary N) is 1. The van der Waals surface area contributed by atoms with Crippen molar-refractivity contribution in [2.24, 2.45) is 0 Å². The number of hydrogen-bond acceptors (Lipinski definition) is 6. The summed E-state index contributed by atoms with van der Waals surface area (Å²) in [6, 6.07) is 11.0. The van der Waals surface area contributed by atoms with Crippen molar-refractivity contribution in [3.63, 3.8) is 0 Å². The Morgan fingerprint density at radius 1 is 1.14 bits per heavy atom. The summed E-state index contributed by atoms with van der Waals surface area (Å²) < 4.78 is 5.68. The van der Waals surface area contributed by atoms with E-state index in [2.05, 4.69) is 32.0 Å². The molecule has 1 aliphatic rings. The van der Waals surface area contributed by atoms with Crippen LogP contribution in [-0.4, -0.2) is 81.2 Å². The molecule has 1 fully saturated rings. The molecule has 0 bridgehead atoms. The molecule has 7 nitrogen and oxygen atoms in total. The van der Waals surface area contributed by atoms with E-state index in [1.165, 1.54) is 0 Å². The highest BCUT2D eigenvalue weighted by atomic mass is 16.5. The Balaban J connectivity index is 1.58. The average Bonchev–Trinajstić information content (AvgIpc) is 2.70. The summed E-state index contributed by atoms with van der Waals surface area (Å²) in [6.45, 7) is 5.33. The molecule has 150 valence electrons. The number of pyridine rings is 1. The van der Waals surface area contributed by atoms with Gasteiger partial charge < -0.3 is 24.8 Å². The number of nitrogens with zero attached hydrogens (tertiary/aromatic N) is 4. The minimum atomic E-state index is -0.140. The van der Waals surface area contributed by atoms with Gasteiger partial charge in [0, 0.05) is 50.2 Å². The minimum Gasteiger partial charge on any atom is -0.492 e. The van der Waals surface area contributed by atoms with Crippen LogP contribution < -0.4 is 15.0 Å². The highest BCUT2D eigenvalue weighted by Crippen LogP contribution is 2.18. The third-order valence-corrected chi connectivity index (χ3v) is 4.75. The van der Waals surface area contributed by atoms with Crippen molar-refractivity contribution < 1.29 is 9.53 Å². The van der Waals surface area contributed by atoms with Gasteiger partial charge in [-0.05, 0) is 57.5 Å². The fourth-order valence-corrected chi connectivity index (χ4v) is 2.95. The minimum absolute atomic E-state index is 0.140. The molecule has 3 rings (SSSR count). The average molecular weight is 383 g/mol. The number of ether oxygens (including phenoxy) is 1. The lowest BCUT2D eigenvalue weighted by atomic mass is 10.2. The van der Waals surface area contributed by atoms with Crippen LogP contribution in [0.15, 0.2) is 42.6 Å². The second-order valence-electron chi connectivity index (χ2n) is 7.32. The number of anilines is 2. The second-order valence-corrected chi connectivity index (χ2v) is 7.32. The van der Waals surface area contributed by atoms with Gasteiger partial charge in [0.25, 0.3) is 5.91 Å². The van der Waals surface area contributed by atoms with Crippen molar-refractivity contribution in [1.29, 1.82) is 0 Å². The summed E-state index contributed by atoms with van der Waals surface area (Å²) in [4.78, 5) is 23.6. The van der Waals surface area contributed by atoms with Gasteiger partial charge in [-0.2, -0.15) is 0 Å². The van der Waals surface area contributed by atoms with Crippen LogP contribution >= 0.6 is 0 Å². The van der Waals surface area contributed by atoms with Gasteiger partial charge in [0.2, 0.25) is 0 Å². The molecule has 0 aliphatic carbocycles. The normalized spacial score (nSPS) is 14.9. The number of rotatable bonds is 7. The van der Waals surface area contributed by atoms with Crippen molar-refractivity contribution in [2.75, 3.05) is 70.7 Å². The maximum Gasteiger partial charge on any atom is 0.255 e. The van der Waals surface area contributed by atoms with E-state index in [9.17, 15) is 4.79 Å². The predicted molar refractivity (Wildman–Crippen MR) is 112 cm³/mol. The molecule has 2 heterocycles. The van der Waals surface area contributed by atoms with Crippen LogP contribution in [0.3, 0.4) is 0 Å². The SMILES string of the molecule is CN(C)CCOc1ccc(NC(=O)c2ccnc(N3CCN(C)CC3)c2)cc1. The fraction of sp³-hybridized carbons (Fsp3) is 0.429. The number of piperazine rings is 1. The van der Waals surface area contributed by atoms with Crippen LogP contribution in [0.4, 0.5) is 11.5 Å². The lowest BCUT2D eigenvalue weighted by molar-refractivity contribution is 0.102. The molecule has 0 unspecified atom stereocenters. The first-order chi connectivity index (χ1) is 13.5. The Bertz CT molecular complexity index is 771. The van der Waals surface area contributed by atoms with E-state index >= 15 is 0 Å². The molecule has 1 N–H and O–H groups in total. The summed E-state index contributed by atoms with van der Waals surface area (Å²) in [6.07, 6.45) is 1.70. The largest absolute Gasteiger partial charge is 0.492 e. The standard InChI is InChI=1S/C21H29N5O2/c1-24(2)14-15-28-19-6-4-18(5-7-19)23-21(27)17-8-9-22-20(16-17)26-12-10-25(3)11-13-26/h4-9,16H,10-15H2,1-3H3,(H,23,27). The van der Waals surface area contributed by atoms with E-state index in [1.807, 2.05) is 44.4 Å². The summed E-state index contributed by atoms with van der Waals surface area (Å²) in [5.41, 5.74) is 1.35. The van der Waals surface area contributed by atoms with E-state index < -0.39 is 0 Å². The molecule has 2 aromatic rings. The lowest BCUT2D eigenvalue weighted by Crippen LogP contribution is -2.44. The molecule has 1 saturated heterocycles. The quantitative estimate of drug-likeness (QED) is 0.789. The number of likely N-dealkylation sites (N-methyl/N-ethyl adjacent to an activating group) is 2. The highest BCUT2D eigenvalue weighted by molar-refractivity contribution is 6.04. The highest BCUT2D eigenvalue weighted by Gasteiger charge is 2.16. The van der Waals surface area contributed by atoms with E-state index in [4.69, 9.17) is 4.74 Å². The molecule has 0 spiro atoms. The number of hydrogen-bond donors (Lipinski definition) is 1. The first-order valence-corrected chi connectivity index (χ1v) is 9.60. The molecule has 1 aliphatic heterocycles. The maximum absolute atomic E-state index is 12.6. The van der Waals surface area contributed by atoms with Crippen LogP contribution in [0.5, 0.6) is 5.75 Å². The molecule has 0 atom stereocenters. The zero-order chi connectivity index (χ0) is 19.9. The van der Waals surface area contributed by atoms with Crippen LogP contribution in [0.25, 0.3) is 0 Å². The smallest absolute Gasteiger partial charge is 0.255 e. The fourth-order valence-electron chi connectivity index (χ4n) is 2.95. The van der Waals surface area contributed by atoms with Gasteiger partial charge in [-0.3, -0.25) is 4.79 Å². The Kier molecular flexibility index (Phi) is 6.84. The molecular formula is C21H29N5O2. The first-order valence-electron chi connectivity index (χ1n) is 9.60. The van der Waals surface area contributed by atoms with Crippen LogP contribution in [0, 0.1) is 0 Å². The Hall–Kier alpha value is -2.64. The maximum atomic E-state index is 12.6. The number of benzene rings is 1. The molecule has 0 radical (unpaired) electrons.